The van der Waals surface area contributed by atoms with E-state index in [1.807, 2.05) is 0 Å². The van der Waals surface area contributed by atoms with Gasteiger partial charge in [0, 0.05) is 38.0 Å². The molecule has 0 radical (unpaired) electrons. The van der Waals surface area contributed by atoms with Crippen LogP contribution in [0.3, 0.4) is 0 Å². The number of hydrogen-bond acceptors (Lipinski definition) is 7. The average Bonchev–Trinajstić information content (AvgIpc) is 2.57. The van der Waals surface area contributed by atoms with Gasteiger partial charge in [0.1, 0.15) is 14.7 Å². The third-order valence-electron chi connectivity index (χ3n) is 4.65. The number of rotatable bonds is 3. The van der Waals surface area contributed by atoms with Gasteiger partial charge in [-0.1, -0.05) is 24.3 Å². The molecule has 0 aliphatic carbocycles. The summed E-state index contributed by atoms with van der Waals surface area (Å²) in [6.45, 7) is 0. The van der Waals surface area contributed by atoms with Gasteiger partial charge in [0.2, 0.25) is 0 Å². The molecule has 0 saturated carbocycles. The fourth-order valence-electron chi connectivity index (χ4n) is 3.56. The van der Waals surface area contributed by atoms with Crippen molar-refractivity contribution in [3.8, 4) is 0 Å². The Labute approximate surface area is 249 Å². The summed E-state index contributed by atoms with van der Waals surface area (Å²) in [5.41, 5.74) is 5.82. The molecule has 0 spiro atoms. The Hall–Kier alpha value is 0.450. The van der Waals surface area contributed by atoms with Crippen LogP contribution in [-0.4, -0.2) is 128 Å². The Morgan fingerprint density at radius 3 is 1.16 bits per heavy atom. The molecule has 4 aromatic rings. The van der Waals surface area contributed by atoms with Crippen LogP contribution < -0.4 is 5.73 Å². The van der Waals surface area contributed by atoms with Gasteiger partial charge < -0.3 is 5.73 Å². The van der Waals surface area contributed by atoms with Crippen LogP contribution in [0.4, 0.5) is 5.69 Å². The van der Waals surface area contributed by atoms with Gasteiger partial charge in [-0.3, -0.25) is 13.7 Å². The van der Waals surface area contributed by atoms with Crippen molar-refractivity contribution < 1.29 is 38.9 Å². The van der Waals surface area contributed by atoms with Crippen LogP contribution in [0.1, 0.15) is 0 Å². The maximum absolute atomic E-state index is 11.9. The summed E-state index contributed by atoms with van der Waals surface area (Å²) in [6, 6.07) is 6.63. The first-order valence-electron chi connectivity index (χ1n) is 7.67. The molecule has 0 heterocycles. The van der Waals surface area contributed by atoms with E-state index in [9.17, 15) is 38.9 Å². The van der Waals surface area contributed by atoms with E-state index >= 15 is 0 Å². The molecule has 158 valence electrons. The third kappa shape index (κ3) is 5.03. The molecule has 10 nitrogen and oxygen atoms in total. The maximum atomic E-state index is 11.9. The molecule has 4 aromatic carbocycles. The zero-order valence-electron chi connectivity index (χ0n) is 14.1. The zero-order valence-corrected chi connectivity index (χ0v) is 16.5. The minimum absolute atomic E-state index is 0. The van der Waals surface area contributed by atoms with E-state index in [2.05, 4.69) is 0 Å². The monoisotopic (exact) mass is 529 g/mol. The molecule has 0 fully saturated rings. The van der Waals surface area contributed by atoms with Gasteiger partial charge in [0.15, 0.2) is 0 Å². The molecule has 0 saturated heterocycles. The van der Waals surface area contributed by atoms with Gasteiger partial charge >= 0.3 is 88.7 Å². The molecular weight excluding hydrogens is 515 g/mol. The fourth-order valence-corrected chi connectivity index (χ4v) is 5.79. The molecule has 5 N–H and O–H groups in total. The molecule has 0 aliphatic heterocycles. The first-order chi connectivity index (χ1) is 13.2. The number of anilines is 1. The summed E-state index contributed by atoms with van der Waals surface area (Å²) >= 11 is 0. The predicted octanol–water partition coefficient (Wildman–Crippen LogP) is -0.0392. The summed E-state index contributed by atoms with van der Waals surface area (Å²) in [4.78, 5) is -2.17. The van der Waals surface area contributed by atoms with Crippen LogP contribution >= 0.6 is 0 Å². The van der Waals surface area contributed by atoms with Crippen molar-refractivity contribution in [3.63, 3.8) is 0 Å². The van der Waals surface area contributed by atoms with Crippen molar-refractivity contribution in [2.75, 3.05) is 5.73 Å². The van der Waals surface area contributed by atoms with Crippen molar-refractivity contribution in [1.29, 1.82) is 0 Å². The van der Waals surface area contributed by atoms with Crippen LogP contribution in [0.25, 0.3) is 32.3 Å². The molecule has 32 heavy (non-hydrogen) atoms. The van der Waals surface area contributed by atoms with E-state index in [0.29, 0.717) is 6.07 Å². The standard InChI is InChI=1S/C16H11NO9S3.3Na.3H/c17-11-5-12(27(18,19)20)8-3-4-10-14(29(24,25)26)6-13(28(21,22)23)9-2-1-7(11)15(8)16(9)10;;;;;;/h1-6H,17H2,(H,18,19,20)(H,21,22,23)(H,24,25,26);;;;;;. The van der Waals surface area contributed by atoms with Crippen molar-refractivity contribution in [2.45, 2.75) is 14.7 Å². The Morgan fingerprint density at radius 2 is 0.812 bits per heavy atom. The molecule has 0 bridgehead atoms. The van der Waals surface area contributed by atoms with Gasteiger partial charge in [-0.15, -0.1) is 0 Å². The SMILES string of the molecule is Nc1cc(S(=O)(=O)O)c2ccc3c(S(=O)(=O)O)cc(S(=O)(=O)O)c4ccc1c2c43.[NaH].[NaH].[NaH]. The first-order valence-corrected chi connectivity index (χ1v) is 12.0. The predicted molar refractivity (Wildman–Crippen MR) is 125 cm³/mol. The quantitative estimate of drug-likeness (QED) is 0.121. The number of benzene rings is 4. The molecule has 0 aliphatic rings. The van der Waals surface area contributed by atoms with E-state index in [-0.39, 0.29) is 127 Å². The van der Waals surface area contributed by atoms with Crippen LogP contribution in [-0.2, 0) is 30.4 Å². The Morgan fingerprint density at radius 1 is 0.531 bits per heavy atom. The summed E-state index contributed by atoms with van der Waals surface area (Å²) in [5.74, 6) is 0. The van der Waals surface area contributed by atoms with Crippen molar-refractivity contribution in [1.82, 2.24) is 0 Å². The van der Waals surface area contributed by atoms with Crippen LogP contribution in [0, 0.1) is 0 Å². The van der Waals surface area contributed by atoms with Gasteiger partial charge in [-0.2, -0.15) is 25.3 Å². The molecule has 16 heteroatoms. The summed E-state index contributed by atoms with van der Waals surface area (Å²) in [7, 11) is -14.6. The molecular formula is C16H14NNa3O9S3. The van der Waals surface area contributed by atoms with Gasteiger partial charge in [0.05, 0.1) is 0 Å². The van der Waals surface area contributed by atoms with E-state index < -0.39 is 45.0 Å². The summed E-state index contributed by atoms with van der Waals surface area (Å²) in [6.07, 6.45) is 0. The van der Waals surface area contributed by atoms with Crippen LogP contribution in [0.2, 0.25) is 0 Å². The van der Waals surface area contributed by atoms with Crippen molar-refractivity contribution in [3.05, 3.63) is 36.4 Å². The molecule has 0 atom stereocenters. The minimum atomic E-state index is -4.93. The molecule has 0 amide bonds. The average molecular weight is 529 g/mol. The Balaban J connectivity index is 0.00000171. The van der Waals surface area contributed by atoms with Crippen molar-refractivity contribution in [2.24, 2.45) is 0 Å². The molecule has 0 unspecified atom stereocenters. The second-order valence-electron chi connectivity index (χ2n) is 6.33. The zero-order chi connectivity index (χ0) is 21.5. The van der Waals surface area contributed by atoms with Gasteiger partial charge in [-0.25, -0.2) is 0 Å². The normalized spacial score (nSPS) is 12.3. The van der Waals surface area contributed by atoms with E-state index in [0.717, 1.165) is 12.1 Å². The molecule has 0 aromatic heterocycles. The van der Waals surface area contributed by atoms with Gasteiger partial charge in [-0.05, 0) is 12.1 Å². The van der Waals surface area contributed by atoms with Crippen LogP contribution in [0.5, 0.6) is 0 Å². The van der Waals surface area contributed by atoms with Gasteiger partial charge in [0.25, 0.3) is 30.4 Å². The number of nitrogen functional groups attached to an aromatic ring is 1. The fraction of sp³-hybridized carbons (Fsp3) is 0. The Bertz CT molecular complexity index is 1630. The van der Waals surface area contributed by atoms with Crippen LogP contribution in [0.15, 0.2) is 51.1 Å². The first kappa shape index (κ1) is 30.5. The topological polar surface area (TPSA) is 189 Å². The second-order valence-corrected chi connectivity index (χ2v) is 10.5. The summed E-state index contributed by atoms with van der Waals surface area (Å²) < 4.78 is 99.8. The molecule has 4 rings (SSSR count). The van der Waals surface area contributed by atoms with E-state index in [1.54, 1.807) is 0 Å². The number of nitrogens with two attached hydrogens (primary N) is 1. The summed E-state index contributed by atoms with van der Waals surface area (Å²) in [5, 5.41) is -0.0781. The van der Waals surface area contributed by atoms with Crippen molar-refractivity contribution >= 4 is 157 Å². The Kier molecular flexibility index (Phi) is 9.37. The number of hydrogen-bond donors (Lipinski definition) is 4. The van der Waals surface area contributed by atoms with E-state index in [1.165, 1.54) is 18.2 Å². The van der Waals surface area contributed by atoms with E-state index in [4.69, 9.17) is 5.73 Å². The second kappa shape index (κ2) is 9.84. The third-order valence-corrected chi connectivity index (χ3v) is 7.33.